The van der Waals surface area contributed by atoms with E-state index in [4.69, 9.17) is 23.2 Å². The predicted molar refractivity (Wildman–Crippen MR) is 69.2 cm³/mol. The molecule has 0 saturated heterocycles. The lowest BCUT2D eigenvalue weighted by Crippen LogP contribution is -2.30. The van der Waals surface area contributed by atoms with Crippen molar-refractivity contribution in [2.24, 2.45) is 5.41 Å². The number of carbonyl (C=O) groups is 1. The first-order valence-electron chi connectivity index (χ1n) is 5.14. The van der Waals surface area contributed by atoms with Crippen molar-refractivity contribution in [3.63, 3.8) is 0 Å². The van der Waals surface area contributed by atoms with Crippen LogP contribution in [0.25, 0.3) is 0 Å². The summed E-state index contributed by atoms with van der Waals surface area (Å²) in [4.78, 5) is 11.9. The standard InChI is InChI=1S/C12H15Cl2NO/c1-4-12(2,3)11(16)15-9-7-5-6-8(13)10(9)14/h5-7H,4H2,1-3H3,(H,15,16). The third kappa shape index (κ3) is 2.89. The van der Waals surface area contributed by atoms with Crippen molar-refractivity contribution >= 4 is 34.8 Å². The van der Waals surface area contributed by atoms with E-state index < -0.39 is 5.41 Å². The van der Waals surface area contributed by atoms with Crippen molar-refractivity contribution in [2.75, 3.05) is 5.32 Å². The van der Waals surface area contributed by atoms with E-state index in [0.717, 1.165) is 6.42 Å². The fourth-order valence-electron chi connectivity index (χ4n) is 1.05. The van der Waals surface area contributed by atoms with Crippen LogP contribution in [0.15, 0.2) is 18.2 Å². The number of halogens is 2. The van der Waals surface area contributed by atoms with Crippen LogP contribution in [0, 0.1) is 5.41 Å². The molecule has 0 heterocycles. The highest BCUT2D eigenvalue weighted by molar-refractivity contribution is 6.44. The molecule has 88 valence electrons. The Morgan fingerprint density at radius 3 is 2.56 bits per heavy atom. The topological polar surface area (TPSA) is 29.1 Å². The van der Waals surface area contributed by atoms with Crippen LogP contribution in [0.3, 0.4) is 0 Å². The lowest BCUT2D eigenvalue weighted by Gasteiger charge is -2.21. The van der Waals surface area contributed by atoms with Crippen molar-refractivity contribution < 1.29 is 4.79 Å². The highest BCUT2D eigenvalue weighted by Crippen LogP contribution is 2.31. The second-order valence-corrected chi connectivity index (χ2v) is 5.08. The van der Waals surface area contributed by atoms with Crippen molar-refractivity contribution in [3.05, 3.63) is 28.2 Å². The molecule has 1 aromatic rings. The van der Waals surface area contributed by atoms with Crippen LogP contribution in [0.5, 0.6) is 0 Å². The van der Waals surface area contributed by atoms with Gasteiger partial charge in [0.25, 0.3) is 0 Å². The van der Waals surface area contributed by atoms with Gasteiger partial charge in [0, 0.05) is 5.41 Å². The molecule has 0 atom stereocenters. The van der Waals surface area contributed by atoms with E-state index in [1.54, 1.807) is 18.2 Å². The van der Waals surface area contributed by atoms with Gasteiger partial charge < -0.3 is 5.32 Å². The lowest BCUT2D eigenvalue weighted by molar-refractivity contribution is -0.124. The summed E-state index contributed by atoms with van der Waals surface area (Å²) < 4.78 is 0. The van der Waals surface area contributed by atoms with Gasteiger partial charge in [0.1, 0.15) is 0 Å². The quantitative estimate of drug-likeness (QED) is 0.859. The van der Waals surface area contributed by atoms with Crippen LogP contribution in [0.1, 0.15) is 27.2 Å². The van der Waals surface area contributed by atoms with Gasteiger partial charge in [-0.15, -0.1) is 0 Å². The molecule has 16 heavy (non-hydrogen) atoms. The van der Waals surface area contributed by atoms with Gasteiger partial charge in [-0.2, -0.15) is 0 Å². The van der Waals surface area contributed by atoms with Crippen molar-refractivity contribution in [1.29, 1.82) is 0 Å². The van der Waals surface area contributed by atoms with Crippen LogP contribution in [-0.2, 0) is 4.79 Å². The molecule has 0 bridgehead atoms. The van der Waals surface area contributed by atoms with E-state index in [1.165, 1.54) is 0 Å². The zero-order valence-electron chi connectivity index (χ0n) is 9.60. The summed E-state index contributed by atoms with van der Waals surface area (Å²) in [6, 6.07) is 5.17. The third-order valence-electron chi connectivity index (χ3n) is 2.70. The number of rotatable bonds is 3. The second kappa shape index (κ2) is 5.07. The van der Waals surface area contributed by atoms with Crippen molar-refractivity contribution in [3.8, 4) is 0 Å². The Bertz CT molecular complexity index is 402. The lowest BCUT2D eigenvalue weighted by atomic mass is 9.89. The average molecular weight is 260 g/mol. The van der Waals surface area contributed by atoms with E-state index in [2.05, 4.69) is 5.32 Å². The molecule has 0 aliphatic heterocycles. The molecule has 1 aromatic carbocycles. The monoisotopic (exact) mass is 259 g/mol. The Labute approximate surface area is 106 Å². The Hall–Kier alpha value is -0.730. The highest BCUT2D eigenvalue weighted by atomic mass is 35.5. The molecule has 2 nitrogen and oxygen atoms in total. The first-order chi connectivity index (χ1) is 7.38. The number of anilines is 1. The van der Waals surface area contributed by atoms with Gasteiger partial charge in [-0.05, 0) is 18.6 Å². The molecule has 0 radical (unpaired) electrons. The highest BCUT2D eigenvalue weighted by Gasteiger charge is 2.25. The molecule has 0 saturated carbocycles. The second-order valence-electron chi connectivity index (χ2n) is 4.29. The predicted octanol–water partition coefficient (Wildman–Crippen LogP) is 4.37. The molecule has 0 spiro atoms. The SMILES string of the molecule is CCC(C)(C)C(=O)Nc1cccc(Cl)c1Cl. The van der Waals surface area contributed by atoms with Gasteiger partial charge in [-0.3, -0.25) is 4.79 Å². The summed E-state index contributed by atoms with van der Waals surface area (Å²) in [5, 5.41) is 3.60. The Morgan fingerprint density at radius 2 is 2.00 bits per heavy atom. The Balaban J connectivity index is 2.90. The molecule has 1 N–H and O–H groups in total. The summed E-state index contributed by atoms with van der Waals surface area (Å²) >= 11 is 11.8. The van der Waals surface area contributed by atoms with Gasteiger partial charge in [-0.25, -0.2) is 0 Å². The van der Waals surface area contributed by atoms with E-state index in [9.17, 15) is 4.79 Å². The molecule has 1 amide bonds. The fraction of sp³-hybridized carbons (Fsp3) is 0.417. The summed E-state index contributed by atoms with van der Waals surface area (Å²) in [6.45, 7) is 5.75. The zero-order chi connectivity index (χ0) is 12.3. The van der Waals surface area contributed by atoms with E-state index in [0.29, 0.717) is 15.7 Å². The molecule has 0 aromatic heterocycles. The maximum absolute atomic E-state index is 11.9. The van der Waals surface area contributed by atoms with Crippen LogP contribution in [-0.4, -0.2) is 5.91 Å². The molecular weight excluding hydrogens is 245 g/mol. The molecule has 1 rings (SSSR count). The molecule has 0 unspecified atom stereocenters. The largest absolute Gasteiger partial charge is 0.324 e. The van der Waals surface area contributed by atoms with Gasteiger partial charge in [0.05, 0.1) is 15.7 Å². The van der Waals surface area contributed by atoms with E-state index >= 15 is 0 Å². The maximum Gasteiger partial charge on any atom is 0.230 e. The molecular formula is C12H15Cl2NO. The minimum atomic E-state index is -0.411. The first-order valence-corrected chi connectivity index (χ1v) is 5.89. The average Bonchev–Trinajstić information content (AvgIpc) is 2.24. The molecule has 0 aliphatic carbocycles. The van der Waals surface area contributed by atoms with Gasteiger partial charge in [0.2, 0.25) is 5.91 Å². The van der Waals surface area contributed by atoms with Crippen molar-refractivity contribution in [2.45, 2.75) is 27.2 Å². The summed E-state index contributed by atoms with van der Waals surface area (Å²) in [5.41, 5.74) is 0.145. The number of carbonyl (C=O) groups excluding carboxylic acids is 1. The Morgan fingerprint density at radius 1 is 1.38 bits per heavy atom. The number of nitrogens with one attached hydrogen (secondary N) is 1. The van der Waals surface area contributed by atoms with Crippen LogP contribution in [0.2, 0.25) is 10.0 Å². The Kier molecular flexibility index (Phi) is 4.22. The smallest absolute Gasteiger partial charge is 0.230 e. The van der Waals surface area contributed by atoms with Gasteiger partial charge in [-0.1, -0.05) is 50.0 Å². The zero-order valence-corrected chi connectivity index (χ0v) is 11.1. The van der Waals surface area contributed by atoms with Crippen LogP contribution < -0.4 is 5.32 Å². The number of hydrogen-bond acceptors (Lipinski definition) is 1. The van der Waals surface area contributed by atoms with E-state index in [-0.39, 0.29) is 5.91 Å². The third-order valence-corrected chi connectivity index (χ3v) is 3.52. The fourth-order valence-corrected chi connectivity index (χ4v) is 1.40. The van der Waals surface area contributed by atoms with Crippen molar-refractivity contribution in [1.82, 2.24) is 0 Å². The normalized spacial score (nSPS) is 11.3. The number of amides is 1. The summed E-state index contributed by atoms with van der Waals surface area (Å²) in [6.07, 6.45) is 0.761. The van der Waals surface area contributed by atoms with E-state index in [1.807, 2.05) is 20.8 Å². The summed E-state index contributed by atoms with van der Waals surface area (Å²) in [7, 11) is 0. The molecule has 0 fully saturated rings. The van der Waals surface area contributed by atoms with Crippen LogP contribution in [0.4, 0.5) is 5.69 Å². The minimum absolute atomic E-state index is 0.0563. The van der Waals surface area contributed by atoms with Gasteiger partial charge >= 0.3 is 0 Å². The molecule has 0 aliphatic rings. The minimum Gasteiger partial charge on any atom is -0.324 e. The van der Waals surface area contributed by atoms with Crippen LogP contribution >= 0.6 is 23.2 Å². The first kappa shape index (κ1) is 13.3. The molecule has 4 heteroatoms. The number of hydrogen-bond donors (Lipinski definition) is 1. The number of benzene rings is 1. The van der Waals surface area contributed by atoms with Gasteiger partial charge in [0.15, 0.2) is 0 Å². The summed E-state index contributed by atoms with van der Waals surface area (Å²) in [5.74, 6) is -0.0563. The maximum atomic E-state index is 11.9.